The van der Waals surface area contributed by atoms with Gasteiger partial charge in [0.1, 0.15) is 0 Å². The summed E-state index contributed by atoms with van der Waals surface area (Å²) in [6.07, 6.45) is 11.2. The molecule has 1 nitrogen and oxygen atoms in total. The Hall–Kier alpha value is -0.409. The van der Waals surface area contributed by atoms with Crippen LogP contribution in [0.4, 0.5) is 0 Å². The molecule has 0 fully saturated rings. The van der Waals surface area contributed by atoms with Gasteiger partial charge in [0.2, 0.25) is 0 Å². The van der Waals surface area contributed by atoms with Crippen LogP contribution in [0.5, 0.6) is 0 Å². The molecule has 1 aromatic rings. The summed E-state index contributed by atoms with van der Waals surface area (Å²) < 4.78 is 7.78. The maximum atomic E-state index is 4.27. The summed E-state index contributed by atoms with van der Waals surface area (Å²) >= 11 is -2.45. The number of allylic oxidation sites excluding steroid dienone is 4. The summed E-state index contributed by atoms with van der Waals surface area (Å²) in [7, 11) is 1.27. The number of unbranched alkanes of at least 4 members (excludes halogenated alkanes) is 7. The number of hydrogen-bond donors (Lipinski definition) is 1. The van der Waals surface area contributed by atoms with Crippen molar-refractivity contribution in [2.75, 3.05) is 6.54 Å². The van der Waals surface area contributed by atoms with Crippen LogP contribution in [0.1, 0.15) is 91.5 Å². The molecule has 0 aliphatic heterocycles. The molecule has 0 spiro atoms. The zero-order chi connectivity index (χ0) is 21.4. The molecule has 29 heavy (non-hydrogen) atoms. The van der Waals surface area contributed by atoms with Crippen LogP contribution in [0, 0.1) is 12.8 Å². The van der Waals surface area contributed by atoms with E-state index in [-0.39, 0.29) is 0 Å². The zero-order valence-electron chi connectivity index (χ0n) is 20.3. The molecule has 162 valence electrons. The molecular weight excluding hydrogens is 402 g/mol. The first-order valence-corrected chi connectivity index (χ1v) is 20.1. The molecule has 3 heteroatoms. The quantitative estimate of drug-likeness (QED) is 0.308. The molecule has 1 aromatic carbocycles. The first-order valence-electron chi connectivity index (χ1n) is 12.0. The van der Waals surface area contributed by atoms with Crippen LogP contribution in [0.3, 0.4) is 0 Å². The fourth-order valence-electron chi connectivity index (χ4n) is 5.24. The van der Waals surface area contributed by atoms with Gasteiger partial charge in [-0.15, -0.1) is 0 Å². The van der Waals surface area contributed by atoms with E-state index in [2.05, 4.69) is 69.6 Å². The van der Waals surface area contributed by atoms with Crippen LogP contribution in [0.25, 0.3) is 0 Å². The Labute approximate surface area is 187 Å². The number of nitrogens with one attached hydrogen (secondary N) is 1. The van der Waals surface area contributed by atoms with Crippen molar-refractivity contribution >= 4 is 12.0 Å². The van der Waals surface area contributed by atoms with Crippen molar-refractivity contribution in [1.29, 1.82) is 0 Å². The Bertz CT molecular complexity index is 736. The minimum atomic E-state index is -2.45. The van der Waals surface area contributed by atoms with Crippen molar-refractivity contribution in [2.24, 2.45) is 5.92 Å². The second-order valence-corrected chi connectivity index (χ2v) is 21.3. The Morgan fingerprint density at radius 3 is 2.00 bits per heavy atom. The van der Waals surface area contributed by atoms with Gasteiger partial charge in [-0.2, -0.15) is 0 Å². The van der Waals surface area contributed by atoms with Gasteiger partial charge < -0.3 is 0 Å². The SMILES string of the molecule is CCCCCCCCCC[NH][Ti]([SiH3])([C]1=C(C)C(C)=C(C)C1C)[c]1ccccc1C. The number of benzene rings is 1. The predicted molar refractivity (Wildman–Crippen MR) is 132 cm³/mol. The molecule has 0 saturated carbocycles. The first-order chi connectivity index (χ1) is 13.8. The van der Waals surface area contributed by atoms with Crippen molar-refractivity contribution in [3.05, 3.63) is 50.4 Å². The number of aryl methyl sites for hydroxylation is 1. The molecule has 0 bridgehead atoms. The van der Waals surface area contributed by atoms with E-state index < -0.39 is 16.1 Å². The molecule has 1 N–H and O–H groups in total. The monoisotopic (exact) mass is 447 g/mol. The van der Waals surface area contributed by atoms with E-state index in [1.807, 2.05) is 3.88 Å². The van der Waals surface area contributed by atoms with Gasteiger partial charge >= 0.3 is 188 Å². The van der Waals surface area contributed by atoms with Gasteiger partial charge in [0, 0.05) is 0 Å². The Morgan fingerprint density at radius 2 is 1.45 bits per heavy atom. The Kier molecular flexibility index (Phi) is 10.1. The molecule has 0 heterocycles. The Balaban J connectivity index is 2.08. The fourth-order valence-corrected chi connectivity index (χ4v) is 19.2. The second-order valence-electron chi connectivity index (χ2n) is 9.41. The fraction of sp³-hybridized carbons (Fsp3) is 0.615. The summed E-state index contributed by atoms with van der Waals surface area (Å²) in [5, 5.41) is 0. The van der Waals surface area contributed by atoms with Gasteiger partial charge in [0.25, 0.3) is 0 Å². The van der Waals surface area contributed by atoms with Crippen LogP contribution in [0.15, 0.2) is 44.9 Å². The minimum absolute atomic E-state index is 0.623. The molecule has 0 radical (unpaired) electrons. The van der Waals surface area contributed by atoms with Gasteiger partial charge in [-0.05, 0) is 0 Å². The topological polar surface area (TPSA) is 12.0 Å². The van der Waals surface area contributed by atoms with E-state index >= 15 is 0 Å². The van der Waals surface area contributed by atoms with Crippen molar-refractivity contribution in [3.8, 4) is 0 Å². The van der Waals surface area contributed by atoms with Crippen LogP contribution >= 0.6 is 0 Å². The second kappa shape index (κ2) is 11.8. The molecule has 2 rings (SSSR count). The van der Waals surface area contributed by atoms with E-state index in [0.717, 1.165) is 0 Å². The Morgan fingerprint density at radius 1 is 0.862 bits per heavy atom. The summed E-state index contributed by atoms with van der Waals surface area (Å²) in [5.74, 6) is 0.623. The normalized spacial score (nSPS) is 19.3. The maximum absolute atomic E-state index is 4.27. The van der Waals surface area contributed by atoms with E-state index in [0.29, 0.717) is 5.92 Å². The average molecular weight is 448 g/mol. The summed E-state index contributed by atoms with van der Waals surface area (Å²) in [6.45, 7) is 15.4. The summed E-state index contributed by atoms with van der Waals surface area (Å²) in [4.78, 5) is 0. The summed E-state index contributed by atoms with van der Waals surface area (Å²) in [5.41, 5.74) is 6.27. The van der Waals surface area contributed by atoms with E-state index in [1.54, 1.807) is 20.6 Å². The molecule has 0 saturated heterocycles. The first kappa shape index (κ1) is 24.9. The van der Waals surface area contributed by atoms with Crippen molar-refractivity contribution < 1.29 is 16.1 Å². The van der Waals surface area contributed by atoms with E-state index in [9.17, 15) is 0 Å². The van der Waals surface area contributed by atoms with Crippen LogP contribution < -0.4 is 7.67 Å². The van der Waals surface area contributed by atoms with Crippen molar-refractivity contribution in [1.82, 2.24) is 3.80 Å². The van der Waals surface area contributed by atoms with Crippen LogP contribution in [-0.2, 0) is 16.1 Å². The van der Waals surface area contributed by atoms with Gasteiger partial charge in [-0.1, -0.05) is 0 Å². The van der Waals surface area contributed by atoms with Gasteiger partial charge in [0.05, 0.1) is 0 Å². The zero-order valence-corrected chi connectivity index (χ0v) is 23.8. The van der Waals surface area contributed by atoms with Gasteiger partial charge in [0.15, 0.2) is 0 Å². The third-order valence-corrected chi connectivity index (χ3v) is 20.3. The molecule has 0 aromatic heterocycles. The standard InChI is InChI=1S/C10H22N.C9H13.C7H7.H3Si.Ti/c1-2-3-4-5-6-7-8-9-10-11;1-6-5-7(2)9(4)8(6)3;1-7-5-3-2-4-6-7;;/h11H,2-10H2,1H3;6H,1-4H3;2-5H,1H3;1H3;/q-1;;;;+1. The summed E-state index contributed by atoms with van der Waals surface area (Å²) in [6, 6.07) is 9.24. The van der Waals surface area contributed by atoms with Gasteiger partial charge in [-0.25, -0.2) is 0 Å². The van der Waals surface area contributed by atoms with Gasteiger partial charge in [-0.3, -0.25) is 0 Å². The van der Waals surface area contributed by atoms with E-state index in [1.165, 1.54) is 71.6 Å². The molecule has 1 aliphatic rings. The van der Waals surface area contributed by atoms with Crippen molar-refractivity contribution in [2.45, 2.75) is 92.9 Å². The third kappa shape index (κ3) is 6.06. The average Bonchev–Trinajstić information content (AvgIpc) is 2.90. The van der Waals surface area contributed by atoms with Crippen LogP contribution in [-0.4, -0.2) is 14.7 Å². The predicted octanol–water partition coefficient (Wildman–Crippen LogP) is 5.96. The third-order valence-electron chi connectivity index (χ3n) is 7.37. The van der Waals surface area contributed by atoms with E-state index in [4.69, 9.17) is 0 Å². The molecule has 1 aliphatic carbocycles. The number of hydrogen-bond acceptors (Lipinski definition) is 1. The van der Waals surface area contributed by atoms with Crippen molar-refractivity contribution in [3.63, 3.8) is 0 Å². The molecule has 2 atom stereocenters. The molecular formula is C26H45NSiTi. The van der Waals surface area contributed by atoms with Crippen LogP contribution in [0.2, 0.25) is 0 Å². The molecule has 0 amide bonds. The number of rotatable bonds is 12. The molecule has 2 unspecified atom stereocenters.